The largest absolute Gasteiger partial charge is 0.507 e. The standard InChI is InChI=1S/C16H15NO/c1-10-7-12(3)15(13(8-10)9-17)16-11(2)5-4-6-14(16)18/h4-8,18H,1-3H3. The molecule has 0 heterocycles. The van der Waals surface area contributed by atoms with Crippen LogP contribution < -0.4 is 0 Å². The van der Waals surface area contributed by atoms with Crippen LogP contribution in [-0.2, 0) is 0 Å². The molecule has 2 aromatic carbocycles. The Labute approximate surface area is 107 Å². The van der Waals surface area contributed by atoms with E-state index < -0.39 is 0 Å². The van der Waals surface area contributed by atoms with E-state index in [2.05, 4.69) is 6.07 Å². The highest BCUT2D eigenvalue weighted by atomic mass is 16.3. The first-order valence-electron chi connectivity index (χ1n) is 5.85. The van der Waals surface area contributed by atoms with Crippen molar-refractivity contribution in [2.45, 2.75) is 20.8 Å². The molecule has 0 unspecified atom stereocenters. The van der Waals surface area contributed by atoms with Gasteiger partial charge in [-0.2, -0.15) is 5.26 Å². The van der Waals surface area contributed by atoms with Crippen molar-refractivity contribution < 1.29 is 5.11 Å². The Kier molecular flexibility index (Phi) is 3.08. The van der Waals surface area contributed by atoms with Crippen LogP contribution in [0.25, 0.3) is 11.1 Å². The summed E-state index contributed by atoms with van der Waals surface area (Å²) in [6, 6.07) is 11.5. The van der Waals surface area contributed by atoms with Crippen molar-refractivity contribution in [3.8, 4) is 22.9 Å². The summed E-state index contributed by atoms with van der Waals surface area (Å²) in [4.78, 5) is 0. The molecule has 2 aromatic rings. The van der Waals surface area contributed by atoms with Gasteiger partial charge in [0.25, 0.3) is 0 Å². The van der Waals surface area contributed by atoms with Crippen LogP contribution in [0, 0.1) is 32.1 Å². The average molecular weight is 237 g/mol. The van der Waals surface area contributed by atoms with Crippen LogP contribution in [0.3, 0.4) is 0 Å². The fourth-order valence-electron chi connectivity index (χ4n) is 2.37. The maximum atomic E-state index is 10.0. The van der Waals surface area contributed by atoms with Crippen LogP contribution in [0.4, 0.5) is 0 Å². The fourth-order valence-corrected chi connectivity index (χ4v) is 2.37. The fraction of sp³-hybridized carbons (Fsp3) is 0.188. The van der Waals surface area contributed by atoms with E-state index in [9.17, 15) is 10.4 Å². The Morgan fingerprint density at radius 2 is 1.72 bits per heavy atom. The first-order chi connectivity index (χ1) is 8.54. The molecule has 0 amide bonds. The normalized spacial score (nSPS) is 10.1. The highest BCUT2D eigenvalue weighted by Gasteiger charge is 2.14. The zero-order valence-electron chi connectivity index (χ0n) is 10.8. The number of aryl methyl sites for hydroxylation is 3. The molecule has 0 aliphatic rings. The summed E-state index contributed by atoms with van der Waals surface area (Å²) in [5.41, 5.74) is 5.23. The molecule has 0 aliphatic heterocycles. The second kappa shape index (κ2) is 4.54. The van der Waals surface area contributed by atoms with Crippen molar-refractivity contribution >= 4 is 0 Å². The number of phenols is 1. The van der Waals surface area contributed by atoms with Gasteiger partial charge in [0.15, 0.2) is 0 Å². The van der Waals surface area contributed by atoms with Crippen LogP contribution in [0.15, 0.2) is 30.3 Å². The SMILES string of the molecule is Cc1cc(C)c(-c2c(C)cccc2O)c(C#N)c1. The number of benzene rings is 2. The molecule has 2 heteroatoms. The van der Waals surface area contributed by atoms with Crippen LogP contribution in [0.1, 0.15) is 22.3 Å². The lowest BCUT2D eigenvalue weighted by atomic mass is 9.90. The molecule has 0 aromatic heterocycles. The predicted molar refractivity (Wildman–Crippen MR) is 72.5 cm³/mol. The lowest BCUT2D eigenvalue weighted by Gasteiger charge is -2.14. The number of hydrogen-bond donors (Lipinski definition) is 1. The number of phenolic OH excluding ortho intramolecular Hbond substituents is 1. The van der Waals surface area contributed by atoms with Gasteiger partial charge in [-0.1, -0.05) is 18.2 Å². The van der Waals surface area contributed by atoms with Gasteiger partial charge < -0.3 is 5.11 Å². The van der Waals surface area contributed by atoms with Gasteiger partial charge in [-0.15, -0.1) is 0 Å². The summed E-state index contributed by atoms with van der Waals surface area (Å²) in [5.74, 6) is 0.221. The highest BCUT2D eigenvalue weighted by Crippen LogP contribution is 2.36. The third-order valence-corrected chi connectivity index (χ3v) is 3.10. The van der Waals surface area contributed by atoms with Gasteiger partial charge in [-0.3, -0.25) is 0 Å². The number of nitriles is 1. The van der Waals surface area contributed by atoms with Crippen molar-refractivity contribution in [1.29, 1.82) is 5.26 Å². The van der Waals surface area contributed by atoms with Crippen molar-refractivity contribution in [3.63, 3.8) is 0 Å². The number of aromatic hydroxyl groups is 1. The van der Waals surface area contributed by atoms with Gasteiger partial charge in [0.05, 0.1) is 11.6 Å². The molecule has 0 fully saturated rings. The molecule has 0 spiro atoms. The third kappa shape index (κ3) is 1.96. The van der Waals surface area contributed by atoms with Crippen LogP contribution in [0.5, 0.6) is 5.75 Å². The topological polar surface area (TPSA) is 44.0 Å². The number of nitrogens with zero attached hydrogens (tertiary/aromatic N) is 1. The van der Waals surface area contributed by atoms with E-state index in [4.69, 9.17) is 0 Å². The summed E-state index contributed by atoms with van der Waals surface area (Å²) < 4.78 is 0. The van der Waals surface area contributed by atoms with Crippen LogP contribution in [-0.4, -0.2) is 5.11 Å². The molecule has 0 atom stereocenters. The lowest BCUT2D eigenvalue weighted by Crippen LogP contribution is -1.93. The van der Waals surface area contributed by atoms with Gasteiger partial charge >= 0.3 is 0 Å². The summed E-state index contributed by atoms with van der Waals surface area (Å²) in [6.07, 6.45) is 0. The zero-order chi connectivity index (χ0) is 13.3. The van der Waals surface area contributed by atoms with Crippen LogP contribution in [0.2, 0.25) is 0 Å². The molecule has 0 saturated heterocycles. The minimum atomic E-state index is 0.221. The van der Waals surface area contributed by atoms with E-state index in [1.54, 1.807) is 6.07 Å². The molecule has 1 N–H and O–H groups in total. The van der Waals surface area contributed by atoms with Crippen molar-refractivity contribution in [2.75, 3.05) is 0 Å². The average Bonchev–Trinajstić information content (AvgIpc) is 2.30. The predicted octanol–water partition coefficient (Wildman–Crippen LogP) is 3.86. The van der Waals surface area contributed by atoms with Crippen LogP contribution >= 0.6 is 0 Å². The summed E-state index contributed by atoms with van der Waals surface area (Å²) in [7, 11) is 0. The molecule has 0 radical (unpaired) electrons. The Hall–Kier alpha value is -2.27. The second-order valence-corrected chi connectivity index (χ2v) is 4.59. The smallest absolute Gasteiger partial charge is 0.123 e. The van der Waals surface area contributed by atoms with Gasteiger partial charge in [0, 0.05) is 11.1 Å². The van der Waals surface area contributed by atoms with E-state index in [-0.39, 0.29) is 5.75 Å². The quantitative estimate of drug-likeness (QED) is 0.818. The van der Waals surface area contributed by atoms with Crippen molar-refractivity contribution in [3.05, 3.63) is 52.6 Å². The van der Waals surface area contributed by atoms with E-state index in [1.165, 1.54) is 0 Å². The van der Waals surface area contributed by atoms with Crippen molar-refractivity contribution in [2.24, 2.45) is 0 Å². The molecule has 18 heavy (non-hydrogen) atoms. The van der Waals surface area contributed by atoms with E-state index in [0.29, 0.717) is 5.56 Å². The van der Waals surface area contributed by atoms with E-state index in [0.717, 1.165) is 27.8 Å². The molecule has 2 nitrogen and oxygen atoms in total. The summed E-state index contributed by atoms with van der Waals surface area (Å²) >= 11 is 0. The Bertz CT molecular complexity index is 631. The molecular weight excluding hydrogens is 222 g/mol. The molecule has 2 rings (SSSR count). The summed E-state index contributed by atoms with van der Waals surface area (Å²) in [5, 5.41) is 19.3. The first kappa shape index (κ1) is 12.2. The lowest BCUT2D eigenvalue weighted by molar-refractivity contribution is 0.477. The maximum Gasteiger partial charge on any atom is 0.123 e. The van der Waals surface area contributed by atoms with Crippen molar-refractivity contribution in [1.82, 2.24) is 0 Å². The van der Waals surface area contributed by atoms with Gasteiger partial charge in [0.2, 0.25) is 0 Å². The zero-order valence-corrected chi connectivity index (χ0v) is 10.8. The molecule has 0 bridgehead atoms. The molecule has 90 valence electrons. The molecular formula is C16H15NO. The van der Waals surface area contributed by atoms with Gasteiger partial charge in [0.1, 0.15) is 5.75 Å². The Balaban J connectivity index is 2.84. The molecule has 0 aliphatic carbocycles. The minimum absolute atomic E-state index is 0.221. The summed E-state index contributed by atoms with van der Waals surface area (Å²) in [6.45, 7) is 5.87. The first-order valence-corrected chi connectivity index (χ1v) is 5.85. The monoisotopic (exact) mass is 237 g/mol. The third-order valence-electron chi connectivity index (χ3n) is 3.10. The number of rotatable bonds is 1. The Morgan fingerprint density at radius 1 is 1.00 bits per heavy atom. The van der Waals surface area contributed by atoms with Gasteiger partial charge in [-0.25, -0.2) is 0 Å². The minimum Gasteiger partial charge on any atom is -0.507 e. The Morgan fingerprint density at radius 3 is 2.33 bits per heavy atom. The second-order valence-electron chi connectivity index (χ2n) is 4.59. The number of hydrogen-bond acceptors (Lipinski definition) is 2. The van der Waals surface area contributed by atoms with E-state index >= 15 is 0 Å². The highest BCUT2D eigenvalue weighted by molar-refractivity contribution is 5.80. The molecule has 0 saturated carbocycles. The van der Waals surface area contributed by atoms with Gasteiger partial charge in [-0.05, 0) is 49.6 Å². The maximum absolute atomic E-state index is 10.0. The van der Waals surface area contributed by atoms with E-state index in [1.807, 2.05) is 45.0 Å².